The van der Waals surface area contributed by atoms with Gasteiger partial charge in [0, 0.05) is 42.1 Å². The van der Waals surface area contributed by atoms with Crippen molar-refractivity contribution in [2.24, 2.45) is 0 Å². The van der Waals surface area contributed by atoms with Crippen molar-refractivity contribution in [3.8, 4) is 55.9 Å². The number of benzene rings is 8. The van der Waals surface area contributed by atoms with Crippen molar-refractivity contribution in [1.82, 2.24) is 9.38 Å². The van der Waals surface area contributed by atoms with Gasteiger partial charge in [-0.3, -0.25) is 4.40 Å². The Morgan fingerprint density at radius 1 is 0.439 bits per heavy atom. The molecule has 3 heterocycles. The Morgan fingerprint density at radius 2 is 1.07 bits per heavy atom. The largest absolute Gasteiger partial charge is 0.291 e. The zero-order valence-electron chi connectivity index (χ0n) is 32.0. The van der Waals surface area contributed by atoms with E-state index in [-0.39, 0.29) is 0 Å². The van der Waals surface area contributed by atoms with Gasteiger partial charge in [-0.1, -0.05) is 145 Å². The standard InChI is InChI=1S/C54H38N2S/c1-33-28-34(2)50(35(3)29-33)41-24-26-45-46(32-41)47-31-39(38-18-12-19-40(30-38)42-21-13-22-44-43-20-10-11-23-49(43)57-53(42)44)25-27-48(47)56-52(37-16-8-5-9-17-37)51(55-54(45)56)36-14-6-4-7-15-36/h4-32H,1-3H3. The van der Waals surface area contributed by atoms with Gasteiger partial charge in [0.05, 0.1) is 16.9 Å². The van der Waals surface area contributed by atoms with Crippen molar-refractivity contribution in [1.29, 1.82) is 0 Å². The second-order valence-electron chi connectivity index (χ2n) is 15.3. The van der Waals surface area contributed by atoms with Gasteiger partial charge in [-0.05, 0) is 107 Å². The fourth-order valence-electron chi connectivity index (χ4n) is 9.22. The third kappa shape index (κ3) is 5.42. The molecule has 0 N–H and O–H groups in total. The van der Waals surface area contributed by atoms with E-state index in [1.807, 2.05) is 11.3 Å². The molecule has 3 aromatic heterocycles. The highest BCUT2D eigenvalue weighted by Crippen LogP contribution is 2.43. The highest BCUT2D eigenvalue weighted by Gasteiger charge is 2.22. The summed E-state index contributed by atoms with van der Waals surface area (Å²) in [5.41, 5.74) is 17.7. The third-order valence-corrected chi connectivity index (χ3v) is 12.9. The monoisotopic (exact) mass is 746 g/mol. The van der Waals surface area contributed by atoms with E-state index in [1.54, 1.807) is 0 Å². The molecular formula is C54H38N2S. The molecule has 0 spiro atoms. The minimum Gasteiger partial charge on any atom is -0.291 e. The van der Waals surface area contributed by atoms with E-state index in [2.05, 4.69) is 201 Å². The number of pyridine rings is 1. The molecular weight excluding hydrogens is 709 g/mol. The zero-order chi connectivity index (χ0) is 38.2. The van der Waals surface area contributed by atoms with Gasteiger partial charge >= 0.3 is 0 Å². The number of aryl methyl sites for hydroxylation is 3. The molecule has 2 nitrogen and oxygen atoms in total. The molecule has 0 radical (unpaired) electrons. The first-order valence-corrected chi connectivity index (χ1v) is 20.4. The van der Waals surface area contributed by atoms with Crippen LogP contribution in [0.25, 0.3) is 103 Å². The van der Waals surface area contributed by atoms with Gasteiger partial charge in [0.2, 0.25) is 0 Å². The highest BCUT2D eigenvalue weighted by molar-refractivity contribution is 7.26. The summed E-state index contributed by atoms with van der Waals surface area (Å²) in [6.07, 6.45) is 0. The average Bonchev–Trinajstić information content (AvgIpc) is 3.84. The summed E-state index contributed by atoms with van der Waals surface area (Å²) < 4.78 is 5.06. The molecule has 8 aromatic carbocycles. The van der Waals surface area contributed by atoms with Crippen LogP contribution in [0.1, 0.15) is 16.7 Å². The molecule has 0 aliphatic rings. The molecule has 270 valence electrons. The van der Waals surface area contributed by atoms with Crippen molar-refractivity contribution < 1.29 is 0 Å². The fraction of sp³-hybridized carbons (Fsp3) is 0.0556. The van der Waals surface area contributed by atoms with Crippen LogP contribution in [0.4, 0.5) is 0 Å². The number of hydrogen-bond acceptors (Lipinski definition) is 2. The summed E-state index contributed by atoms with van der Waals surface area (Å²) in [6, 6.07) is 64.5. The van der Waals surface area contributed by atoms with E-state index >= 15 is 0 Å². The number of nitrogens with zero attached hydrogens (tertiary/aromatic N) is 2. The number of aromatic nitrogens is 2. The molecule has 0 atom stereocenters. The molecule has 0 amide bonds. The molecule has 57 heavy (non-hydrogen) atoms. The maximum atomic E-state index is 5.52. The number of fused-ring (bicyclic) bond motifs is 9. The predicted octanol–water partition coefficient (Wildman–Crippen LogP) is 15.3. The molecule has 0 bridgehead atoms. The van der Waals surface area contributed by atoms with Gasteiger partial charge in [-0.2, -0.15) is 0 Å². The van der Waals surface area contributed by atoms with Crippen LogP contribution in [0.2, 0.25) is 0 Å². The van der Waals surface area contributed by atoms with Gasteiger partial charge in [0.25, 0.3) is 0 Å². The Labute approximate surface area is 336 Å². The minimum atomic E-state index is 0.963. The van der Waals surface area contributed by atoms with E-state index < -0.39 is 0 Å². The van der Waals surface area contributed by atoms with Crippen molar-refractivity contribution in [3.05, 3.63) is 193 Å². The molecule has 11 rings (SSSR count). The van der Waals surface area contributed by atoms with Crippen molar-refractivity contribution in [2.45, 2.75) is 20.8 Å². The summed E-state index contributed by atoms with van der Waals surface area (Å²) in [4.78, 5) is 5.52. The van der Waals surface area contributed by atoms with Gasteiger partial charge in [-0.15, -0.1) is 11.3 Å². The lowest BCUT2D eigenvalue weighted by atomic mass is 9.91. The van der Waals surface area contributed by atoms with Crippen LogP contribution in [0.3, 0.4) is 0 Å². The summed E-state index contributed by atoms with van der Waals surface area (Å²) in [5.74, 6) is 0. The number of rotatable bonds is 5. The fourth-order valence-corrected chi connectivity index (χ4v) is 10.5. The lowest BCUT2D eigenvalue weighted by Gasteiger charge is -2.16. The van der Waals surface area contributed by atoms with Gasteiger partial charge in [-0.25, -0.2) is 4.98 Å². The number of hydrogen-bond donors (Lipinski definition) is 0. The lowest BCUT2D eigenvalue weighted by Crippen LogP contribution is -1.96. The Morgan fingerprint density at radius 3 is 1.88 bits per heavy atom. The first kappa shape index (κ1) is 33.5. The zero-order valence-corrected chi connectivity index (χ0v) is 32.9. The second-order valence-corrected chi connectivity index (χ2v) is 16.4. The van der Waals surface area contributed by atoms with E-state index in [0.717, 1.165) is 39.1 Å². The molecule has 0 aliphatic carbocycles. The number of thiophene rings is 1. The molecule has 3 heteroatoms. The van der Waals surface area contributed by atoms with Crippen LogP contribution in [0.15, 0.2) is 176 Å². The molecule has 0 aliphatic heterocycles. The minimum absolute atomic E-state index is 0.963. The Hall–Kier alpha value is -6.81. The second kappa shape index (κ2) is 13.2. The Bertz CT molecular complexity index is 3350. The van der Waals surface area contributed by atoms with Crippen molar-refractivity contribution in [2.75, 3.05) is 0 Å². The van der Waals surface area contributed by atoms with Crippen LogP contribution >= 0.6 is 11.3 Å². The van der Waals surface area contributed by atoms with Crippen molar-refractivity contribution in [3.63, 3.8) is 0 Å². The van der Waals surface area contributed by atoms with E-state index in [9.17, 15) is 0 Å². The first-order valence-electron chi connectivity index (χ1n) is 19.6. The van der Waals surface area contributed by atoms with Crippen LogP contribution in [-0.4, -0.2) is 9.38 Å². The van der Waals surface area contributed by atoms with Crippen LogP contribution in [0.5, 0.6) is 0 Å². The molecule has 0 saturated heterocycles. The molecule has 0 saturated carbocycles. The quantitative estimate of drug-likeness (QED) is 0.160. The number of imidazole rings is 1. The van der Waals surface area contributed by atoms with Crippen molar-refractivity contribution >= 4 is 58.8 Å². The smallest absolute Gasteiger partial charge is 0.146 e. The Balaban J connectivity index is 1.19. The van der Waals surface area contributed by atoms with E-state index in [0.29, 0.717) is 0 Å². The normalized spacial score (nSPS) is 11.8. The Kier molecular flexibility index (Phi) is 7.74. The molecule has 0 fully saturated rings. The predicted molar refractivity (Wildman–Crippen MR) is 244 cm³/mol. The summed E-state index contributed by atoms with van der Waals surface area (Å²) in [5, 5.41) is 6.18. The average molecular weight is 747 g/mol. The van der Waals surface area contributed by atoms with Gasteiger partial charge < -0.3 is 0 Å². The van der Waals surface area contributed by atoms with E-state index in [1.165, 1.54) is 81.0 Å². The van der Waals surface area contributed by atoms with Gasteiger partial charge in [0.15, 0.2) is 0 Å². The van der Waals surface area contributed by atoms with Crippen LogP contribution < -0.4 is 0 Å². The third-order valence-electron chi connectivity index (χ3n) is 11.6. The molecule has 0 unspecified atom stereocenters. The topological polar surface area (TPSA) is 17.3 Å². The maximum absolute atomic E-state index is 5.52. The van der Waals surface area contributed by atoms with Crippen LogP contribution in [-0.2, 0) is 0 Å². The first-order chi connectivity index (χ1) is 28.0. The molecule has 11 aromatic rings. The van der Waals surface area contributed by atoms with E-state index in [4.69, 9.17) is 4.98 Å². The van der Waals surface area contributed by atoms with Crippen LogP contribution in [0, 0.1) is 20.8 Å². The highest BCUT2D eigenvalue weighted by atomic mass is 32.1. The summed E-state index contributed by atoms with van der Waals surface area (Å²) in [6.45, 7) is 6.65. The maximum Gasteiger partial charge on any atom is 0.146 e. The SMILES string of the molecule is Cc1cc(C)c(-c2ccc3c(c2)c2cc(-c4cccc(-c5cccc6c5sc5ccccc56)c4)ccc2n2c(-c4ccccc4)c(-c4ccccc4)nc32)c(C)c1. The lowest BCUT2D eigenvalue weighted by molar-refractivity contribution is 1.27. The summed E-state index contributed by atoms with van der Waals surface area (Å²) >= 11 is 1.88. The summed E-state index contributed by atoms with van der Waals surface area (Å²) in [7, 11) is 0. The van der Waals surface area contributed by atoms with Gasteiger partial charge in [0.1, 0.15) is 5.65 Å².